The highest BCUT2D eigenvalue weighted by molar-refractivity contribution is 5.71. The third kappa shape index (κ3) is 3.24. The van der Waals surface area contributed by atoms with Crippen LogP contribution in [0.3, 0.4) is 0 Å². The van der Waals surface area contributed by atoms with E-state index >= 15 is 0 Å². The highest BCUT2D eigenvalue weighted by Gasteiger charge is 2.36. The Hall–Kier alpha value is -4.20. The molecule has 0 atom stereocenters. The van der Waals surface area contributed by atoms with Gasteiger partial charge in [-0.2, -0.15) is 32.5 Å². The highest BCUT2D eigenvalue weighted by atomic mass is 19.4. The van der Waals surface area contributed by atoms with E-state index in [0.29, 0.717) is 10.3 Å². The number of hydrogen-bond donors (Lipinski definition) is 1. The van der Waals surface area contributed by atoms with Crippen molar-refractivity contribution in [2.45, 2.75) is 12.7 Å². The molecule has 0 saturated heterocycles. The van der Waals surface area contributed by atoms with Crippen LogP contribution in [0.25, 0.3) is 22.5 Å². The molecule has 0 unspecified atom stereocenters. The Morgan fingerprint density at radius 2 is 2.03 bits per heavy atom. The maximum absolute atomic E-state index is 13.1. The number of nitriles is 1. The highest BCUT2D eigenvalue weighted by Crippen LogP contribution is 2.28. The van der Waals surface area contributed by atoms with Crippen LogP contribution in [0.5, 0.6) is 5.88 Å². The van der Waals surface area contributed by atoms with Gasteiger partial charge in [0.05, 0.1) is 17.4 Å². The summed E-state index contributed by atoms with van der Waals surface area (Å²) in [4.78, 5) is 16.8. The zero-order chi connectivity index (χ0) is 21.5. The maximum Gasteiger partial charge on any atom is 0.426 e. The first-order valence-corrected chi connectivity index (χ1v) is 8.52. The van der Waals surface area contributed by atoms with Crippen molar-refractivity contribution >= 4 is 5.65 Å². The zero-order valence-electron chi connectivity index (χ0n) is 15.1. The van der Waals surface area contributed by atoms with Crippen LogP contribution in [0, 0.1) is 11.3 Å². The molecular weight excluding hydrogens is 401 g/mol. The van der Waals surface area contributed by atoms with Gasteiger partial charge in [-0.3, -0.25) is 0 Å². The molecule has 8 nitrogen and oxygen atoms in total. The molecule has 1 aromatic carbocycles. The summed E-state index contributed by atoms with van der Waals surface area (Å²) in [5, 5.41) is 24.1. The largest absolute Gasteiger partial charge is 0.477 e. The molecule has 150 valence electrons. The van der Waals surface area contributed by atoms with Gasteiger partial charge in [0.25, 0.3) is 11.5 Å². The Kier molecular flexibility index (Phi) is 4.46. The summed E-state index contributed by atoms with van der Waals surface area (Å²) in [6.07, 6.45) is -0.684. The Morgan fingerprint density at radius 3 is 2.70 bits per heavy atom. The number of benzene rings is 1. The quantitative estimate of drug-likeness (QED) is 0.518. The molecule has 4 rings (SSSR count). The van der Waals surface area contributed by atoms with E-state index in [4.69, 9.17) is 0 Å². The molecule has 3 heterocycles. The average Bonchev–Trinajstić information content (AvgIpc) is 3.25. The van der Waals surface area contributed by atoms with Crippen LogP contribution >= 0.6 is 0 Å². The third-order valence-electron chi connectivity index (χ3n) is 4.44. The average molecular weight is 413 g/mol. The van der Waals surface area contributed by atoms with Gasteiger partial charge in [0.15, 0.2) is 12.1 Å². The summed E-state index contributed by atoms with van der Waals surface area (Å²) >= 11 is 0. The lowest BCUT2D eigenvalue weighted by Gasteiger charge is -2.12. The van der Waals surface area contributed by atoms with Crippen LogP contribution in [0.4, 0.5) is 13.2 Å². The fraction of sp³-hybridized carbons (Fsp3) is 0.105. The molecule has 4 aromatic rings. The summed E-state index contributed by atoms with van der Waals surface area (Å²) in [6.45, 7) is -1.50. The molecule has 0 aliphatic carbocycles. The summed E-state index contributed by atoms with van der Waals surface area (Å²) in [5.74, 6) is -0.846. The van der Waals surface area contributed by atoms with E-state index in [0.717, 1.165) is 4.40 Å². The first-order chi connectivity index (χ1) is 14.3. The fourth-order valence-corrected chi connectivity index (χ4v) is 3.19. The molecule has 1 N–H and O–H groups in total. The van der Waals surface area contributed by atoms with Gasteiger partial charge in [-0.05, 0) is 23.8 Å². The Morgan fingerprint density at radius 1 is 1.23 bits per heavy atom. The van der Waals surface area contributed by atoms with Crippen LogP contribution in [0.15, 0.2) is 60.0 Å². The first kappa shape index (κ1) is 19.1. The van der Waals surface area contributed by atoms with Crippen LogP contribution in [-0.4, -0.2) is 30.4 Å². The van der Waals surface area contributed by atoms with Crippen LogP contribution in [-0.2, 0) is 6.54 Å². The number of fused-ring (bicyclic) bond motifs is 1. The van der Waals surface area contributed by atoms with Crippen molar-refractivity contribution in [1.82, 2.24) is 19.2 Å². The number of alkyl halides is 3. The van der Waals surface area contributed by atoms with Gasteiger partial charge in [0.2, 0.25) is 0 Å². The number of nitrogens with zero attached hydrogens (tertiary/aromatic N) is 6. The van der Waals surface area contributed by atoms with Gasteiger partial charge >= 0.3 is 11.7 Å². The van der Waals surface area contributed by atoms with E-state index < -0.39 is 24.2 Å². The second-order valence-corrected chi connectivity index (χ2v) is 6.32. The molecule has 11 heteroatoms. The van der Waals surface area contributed by atoms with E-state index in [-0.39, 0.29) is 22.3 Å². The van der Waals surface area contributed by atoms with Crippen molar-refractivity contribution in [2.24, 2.45) is 0 Å². The molecule has 0 aliphatic rings. The van der Waals surface area contributed by atoms with E-state index in [1.54, 1.807) is 0 Å². The minimum atomic E-state index is -4.64. The van der Waals surface area contributed by atoms with E-state index in [9.17, 15) is 28.3 Å². The first-order valence-electron chi connectivity index (χ1n) is 8.52. The molecule has 0 spiro atoms. The topological polar surface area (TPSA) is 100 Å². The molecule has 0 radical (unpaired) electrons. The zero-order valence-corrected chi connectivity index (χ0v) is 15.1. The number of aromatic hydroxyl groups is 1. The van der Waals surface area contributed by atoms with Gasteiger partial charge in [-0.15, -0.1) is 0 Å². The molecule has 0 fully saturated rings. The van der Waals surface area contributed by atoms with Crippen molar-refractivity contribution in [3.63, 3.8) is 0 Å². The number of rotatable bonds is 3. The van der Waals surface area contributed by atoms with Gasteiger partial charge in [-0.25, -0.2) is 14.5 Å². The summed E-state index contributed by atoms with van der Waals surface area (Å²) in [5.41, 5.74) is -0.656. The SMILES string of the molecule is N#Cc1cc(-c2c(O)[n+](CC(F)(F)F)c3ccccn3c2=O)ccc1-n1cncn1. The number of pyridine rings is 1. The number of aromatic nitrogens is 5. The maximum atomic E-state index is 13.1. The predicted octanol–water partition coefficient (Wildman–Crippen LogP) is 1.97. The molecule has 0 saturated carbocycles. The molecule has 3 aromatic heterocycles. The standard InChI is InChI=1S/C19H11F3N6O2/c20-19(21,22)9-27-15-3-1-2-6-26(15)17(29)16(18(27)30)12-4-5-14(13(7-12)8-23)28-11-24-10-25-28/h1-7,10-11H,9H2/p+1. The third-order valence-corrected chi connectivity index (χ3v) is 4.44. The normalized spacial score (nSPS) is 11.5. The summed E-state index contributed by atoms with van der Waals surface area (Å²) < 4.78 is 42.4. The minimum absolute atomic E-state index is 0.0899. The van der Waals surface area contributed by atoms with Crippen molar-refractivity contribution in [3.8, 4) is 28.8 Å². The molecule has 0 bridgehead atoms. The molecular formula is C19H12F3N6O2+. The second-order valence-electron chi connectivity index (χ2n) is 6.32. The predicted molar refractivity (Wildman–Crippen MR) is 96.6 cm³/mol. The summed E-state index contributed by atoms with van der Waals surface area (Å²) in [6, 6.07) is 10.4. The number of halogens is 3. The Bertz CT molecular complexity index is 1350. The summed E-state index contributed by atoms with van der Waals surface area (Å²) in [7, 11) is 0. The van der Waals surface area contributed by atoms with Crippen molar-refractivity contribution < 1.29 is 22.8 Å². The lowest BCUT2D eigenvalue weighted by atomic mass is 10.0. The Balaban J connectivity index is 2.00. The monoisotopic (exact) mass is 413 g/mol. The van der Waals surface area contributed by atoms with Gasteiger partial charge < -0.3 is 5.11 Å². The molecule has 0 amide bonds. The van der Waals surface area contributed by atoms with Crippen molar-refractivity contribution in [1.29, 1.82) is 5.26 Å². The fourth-order valence-electron chi connectivity index (χ4n) is 3.19. The number of hydrogen-bond acceptors (Lipinski definition) is 5. The van der Waals surface area contributed by atoms with E-state index in [1.165, 1.54) is 59.9 Å². The van der Waals surface area contributed by atoms with E-state index in [1.807, 2.05) is 6.07 Å². The molecule has 0 aliphatic heterocycles. The molecule has 30 heavy (non-hydrogen) atoms. The minimum Gasteiger partial charge on any atom is -0.477 e. The van der Waals surface area contributed by atoms with Gasteiger partial charge in [0.1, 0.15) is 18.7 Å². The smallest absolute Gasteiger partial charge is 0.426 e. The second kappa shape index (κ2) is 7.00. The van der Waals surface area contributed by atoms with Crippen molar-refractivity contribution in [2.75, 3.05) is 0 Å². The van der Waals surface area contributed by atoms with E-state index in [2.05, 4.69) is 10.1 Å². The van der Waals surface area contributed by atoms with Crippen LogP contribution in [0.1, 0.15) is 5.56 Å². The lowest BCUT2D eigenvalue weighted by Crippen LogP contribution is -2.46. The van der Waals surface area contributed by atoms with Crippen molar-refractivity contribution in [3.05, 3.63) is 71.2 Å². The van der Waals surface area contributed by atoms with Crippen LogP contribution in [0.2, 0.25) is 0 Å². The van der Waals surface area contributed by atoms with Gasteiger partial charge in [-0.1, -0.05) is 12.1 Å². The lowest BCUT2D eigenvalue weighted by molar-refractivity contribution is -0.703. The van der Waals surface area contributed by atoms with Gasteiger partial charge in [0, 0.05) is 6.07 Å². The Labute approximate surface area is 166 Å². The van der Waals surface area contributed by atoms with Crippen LogP contribution < -0.4 is 10.1 Å².